The summed E-state index contributed by atoms with van der Waals surface area (Å²) in [6.45, 7) is 4.06. The molecule has 0 N–H and O–H groups in total. The maximum atomic E-state index is 4.09. The van der Waals surface area contributed by atoms with E-state index < -0.39 is 0 Å². The Morgan fingerprint density at radius 1 is 1.44 bits per heavy atom. The van der Waals surface area contributed by atoms with E-state index >= 15 is 0 Å². The first kappa shape index (κ1) is 8.63. The molecule has 0 aliphatic carbocycles. The van der Waals surface area contributed by atoms with Crippen LogP contribution < -0.4 is 0 Å². The first-order valence-corrected chi connectivity index (χ1v) is 3.36. The molecule has 0 aromatic rings. The van der Waals surface area contributed by atoms with E-state index in [1.54, 1.807) is 0 Å². The lowest BCUT2D eigenvalue weighted by molar-refractivity contribution is 0.403. The Bertz CT molecular complexity index is 77.0. The van der Waals surface area contributed by atoms with Gasteiger partial charge in [-0.15, -0.1) is 0 Å². The lowest BCUT2D eigenvalue weighted by Crippen LogP contribution is -2.13. The molecule has 0 atom stereocenters. The molecule has 0 unspecified atom stereocenters. The molecule has 0 heterocycles. The van der Waals surface area contributed by atoms with Crippen LogP contribution in [0.4, 0.5) is 0 Å². The van der Waals surface area contributed by atoms with Crippen LogP contribution in [0.5, 0.6) is 0 Å². The maximum absolute atomic E-state index is 4.09. The van der Waals surface area contributed by atoms with Crippen molar-refractivity contribution in [1.82, 2.24) is 4.90 Å². The molecule has 0 radical (unpaired) electrons. The van der Waals surface area contributed by atoms with Crippen LogP contribution in [0.25, 0.3) is 0 Å². The lowest BCUT2D eigenvalue weighted by atomic mass is 10.4. The zero-order valence-electron chi connectivity index (χ0n) is 6.59. The van der Waals surface area contributed by atoms with Gasteiger partial charge in [-0.05, 0) is 40.2 Å². The van der Waals surface area contributed by atoms with Crippen molar-refractivity contribution in [1.29, 1.82) is 0 Å². The van der Waals surface area contributed by atoms with Gasteiger partial charge in [-0.1, -0.05) is 0 Å². The highest BCUT2D eigenvalue weighted by Crippen LogP contribution is 1.82. The predicted octanol–water partition coefficient (Wildman–Crippen LogP) is 1.03. The summed E-state index contributed by atoms with van der Waals surface area (Å²) >= 11 is 0. The second-order valence-electron chi connectivity index (χ2n) is 2.32. The molecule has 0 aromatic heterocycles. The van der Waals surface area contributed by atoms with E-state index in [0.29, 0.717) is 0 Å². The van der Waals surface area contributed by atoms with Gasteiger partial charge < -0.3 is 4.90 Å². The Morgan fingerprint density at radius 3 is 2.56 bits per heavy atom. The van der Waals surface area contributed by atoms with Gasteiger partial charge >= 0.3 is 0 Å². The standard InChI is InChI=1S/C7H16N2/c1-4-8-6-5-7-9(2)3/h4H,5-7H2,1-3H3. The summed E-state index contributed by atoms with van der Waals surface area (Å²) < 4.78 is 0. The SMILES string of the molecule is CC=NCCCN(C)C. The number of nitrogens with zero attached hydrogens (tertiary/aromatic N) is 2. The van der Waals surface area contributed by atoms with Crippen molar-refractivity contribution in [3.8, 4) is 0 Å². The summed E-state index contributed by atoms with van der Waals surface area (Å²) in [7, 11) is 4.16. The summed E-state index contributed by atoms with van der Waals surface area (Å²) in [5.41, 5.74) is 0. The minimum Gasteiger partial charge on any atom is -0.309 e. The molecule has 0 aromatic carbocycles. The quantitative estimate of drug-likeness (QED) is 0.408. The molecule has 0 rings (SSSR count). The molecular weight excluding hydrogens is 112 g/mol. The highest BCUT2D eigenvalue weighted by atomic mass is 15.0. The molecule has 0 saturated carbocycles. The molecule has 0 aliphatic heterocycles. The Hall–Kier alpha value is -0.370. The van der Waals surface area contributed by atoms with Crippen LogP contribution in [0.15, 0.2) is 4.99 Å². The molecular formula is C7H16N2. The van der Waals surface area contributed by atoms with Crippen molar-refractivity contribution in [3.05, 3.63) is 0 Å². The number of hydrogen-bond acceptors (Lipinski definition) is 2. The molecule has 9 heavy (non-hydrogen) atoms. The molecule has 2 heteroatoms. The van der Waals surface area contributed by atoms with E-state index in [1.807, 2.05) is 13.1 Å². The Kier molecular flexibility index (Phi) is 5.52. The molecule has 0 bridgehead atoms. The summed E-state index contributed by atoms with van der Waals surface area (Å²) in [6, 6.07) is 0. The third-order valence-electron chi connectivity index (χ3n) is 1.08. The van der Waals surface area contributed by atoms with Gasteiger partial charge in [0, 0.05) is 6.54 Å². The summed E-state index contributed by atoms with van der Waals surface area (Å²) in [5.74, 6) is 0. The third-order valence-corrected chi connectivity index (χ3v) is 1.08. The van der Waals surface area contributed by atoms with Gasteiger partial charge in [0.15, 0.2) is 0 Å². The number of rotatable bonds is 4. The van der Waals surface area contributed by atoms with Crippen LogP contribution >= 0.6 is 0 Å². The van der Waals surface area contributed by atoms with Crippen LogP contribution in [-0.2, 0) is 0 Å². The van der Waals surface area contributed by atoms with Crippen molar-refractivity contribution >= 4 is 6.21 Å². The normalized spacial score (nSPS) is 11.6. The second-order valence-corrected chi connectivity index (χ2v) is 2.32. The van der Waals surface area contributed by atoms with Gasteiger partial charge in [0.05, 0.1) is 0 Å². The summed E-state index contributed by atoms with van der Waals surface area (Å²) in [5, 5.41) is 0. The van der Waals surface area contributed by atoms with Gasteiger partial charge in [-0.25, -0.2) is 0 Å². The zero-order valence-corrected chi connectivity index (χ0v) is 6.59. The van der Waals surface area contributed by atoms with Gasteiger partial charge in [0.2, 0.25) is 0 Å². The smallest absolute Gasteiger partial charge is 0.0397 e. The summed E-state index contributed by atoms with van der Waals surface area (Å²) in [4.78, 5) is 6.26. The van der Waals surface area contributed by atoms with Crippen LogP contribution in [0, 0.1) is 0 Å². The molecule has 54 valence electrons. The predicted molar refractivity (Wildman–Crippen MR) is 42.2 cm³/mol. The maximum Gasteiger partial charge on any atom is 0.0397 e. The monoisotopic (exact) mass is 128 g/mol. The molecule has 0 saturated heterocycles. The zero-order chi connectivity index (χ0) is 7.11. The van der Waals surface area contributed by atoms with E-state index in [1.165, 1.54) is 0 Å². The van der Waals surface area contributed by atoms with Crippen molar-refractivity contribution in [2.45, 2.75) is 13.3 Å². The van der Waals surface area contributed by atoms with Crippen LogP contribution in [-0.4, -0.2) is 38.3 Å². The van der Waals surface area contributed by atoms with Gasteiger partial charge in [-0.3, -0.25) is 4.99 Å². The second kappa shape index (κ2) is 5.76. The van der Waals surface area contributed by atoms with Gasteiger partial charge in [0.25, 0.3) is 0 Å². The minimum absolute atomic E-state index is 0.967. The molecule has 0 spiro atoms. The summed E-state index contributed by atoms with van der Waals surface area (Å²) in [6.07, 6.45) is 3.02. The van der Waals surface area contributed by atoms with E-state index in [4.69, 9.17) is 0 Å². The van der Waals surface area contributed by atoms with Crippen LogP contribution in [0.1, 0.15) is 13.3 Å². The minimum atomic E-state index is 0.967. The van der Waals surface area contributed by atoms with Crippen LogP contribution in [0.2, 0.25) is 0 Å². The topological polar surface area (TPSA) is 15.6 Å². The van der Waals surface area contributed by atoms with Crippen molar-refractivity contribution in [2.24, 2.45) is 4.99 Å². The van der Waals surface area contributed by atoms with E-state index in [9.17, 15) is 0 Å². The van der Waals surface area contributed by atoms with Crippen molar-refractivity contribution in [3.63, 3.8) is 0 Å². The average molecular weight is 128 g/mol. The molecule has 0 amide bonds. The fourth-order valence-corrected chi connectivity index (χ4v) is 0.607. The molecule has 0 aliphatic rings. The Morgan fingerprint density at radius 2 is 2.11 bits per heavy atom. The van der Waals surface area contributed by atoms with E-state index in [2.05, 4.69) is 24.0 Å². The largest absolute Gasteiger partial charge is 0.309 e. The highest BCUT2D eigenvalue weighted by Gasteiger charge is 1.86. The number of aliphatic imine (C=N–C) groups is 1. The van der Waals surface area contributed by atoms with Crippen molar-refractivity contribution in [2.75, 3.05) is 27.2 Å². The average Bonchev–Trinajstić information content (AvgIpc) is 1.80. The fraction of sp³-hybridized carbons (Fsp3) is 0.857. The van der Waals surface area contributed by atoms with E-state index in [-0.39, 0.29) is 0 Å². The Labute approximate surface area is 57.6 Å². The molecule has 2 nitrogen and oxygen atoms in total. The number of hydrogen-bond donors (Lipinski definition) is 0. The fourth-order valence-electron chi connectivity index (χ4n) is 0.607. The first-order valence-electron chi connectivity index (χ1n) is 3.36. The van der Waals surface area contributed by atoms with Gasteiger partial charge in [-0.2, -0.15) is 0 Å². The molecule has 0 fully saturated rings. The highest BCUT2D eigenvalue weighted by molar-refractivity contribution is 5.53. The van der Waals surface area contributed by atoms with E-state index in [0.717, 1.165) is 19.5 Å². The first-order chi connectivity index (χ1) is 4.27. The Balaban J connectivity index is 2.91. The van der Waals surface area contributed by atoms with Gasteiger partial charge in [0.1, 0.15) is 0 Å². The van der Waals surface area contributed by atoms with Crippen LogP contribution in [0.3, 0.4) is 0 Å². The van der Waals surface area contributed by atoms with Crippen molar-refractivity contribution < 1.29 is 0 Å². The lowest BCUT2D eigenvalue weighted by Gasteiger charge is -2.06. The third kappa shape index (κ3) is 7.63.